The second kappa shape index (κ2) is 6.17. The van der Waals surface area contributed by atoms with Crippen LogP contribution in [-0.2, 0) is 0 Å². The standard InChI is InChI=1S/C16H18N2O3/c1-10-5-4-6-12(17)15(10)16(19)18-13-9-11(20-2)7-8-14(13)21-3/h4-9H,17H2,1-3H3,(H,18,19). The summed E-state index contributed by atoms with van der Waals surface area (Å²) in [6, 6.07) is 10.5. The molecule has 0 aromatic heterocycles. The molecule has 2 aromatic rings. The summed E-state index contributed by atoms with van der Waals surface area (Å²) in [6.45, 7) is 1.84. The minimum atomic E-state index is -0.280. The molecule has 3 N–H and O–H groups in total. The van der Waals surface area contributed by atoms with Gasteiger partial charge in [0.25, 0.3) is 5.91 Å². The Balaban J connectivity index is 2.35. The number of anilines is 2. The van der Waals surface area contributed by atoms with Crippen LogP contribution in [0.15, 0.2) is 36.4 Å². The van der Waals surface area contributed by atoms with Gasteiger partial charge in [-0.05, 0) is 30.7 Å². The summed E-state index contributed by atoms with van der Waals surface area (Å²) in [6.07, 6.45) is 0. The molecule has 0 aliphatic carbocycles. The van der Waals surface area contributed by atoms with E-state index in [0.717, 1.165) is 5.56 Å². The van der Waals surface area contributed by atoms with Crippen LogP contribution in [0.2, 0.25) is 0 Å². The number of nitrogens with one attached hydrogen (secondary N) is 1. The van der Waals surface area contributed by atoms with Crippen molar-refractivity contribution in [1.82, 2.24) is 0 Å². The van der Waals surface area contributed by atoms with Crippen molar-refractivity contribution in [2.75, 3.05) is 25.3 Å². The molecule has 21 heavy (non-hydrogen) atoms. The number of carbonyl (C=O) groups is 1. The zero-order valence-corrected chi connectivity index (χ0v) is 12.3. The van der Waals surface area contributed by atoms with Crippen molar-refractivity contribution in [3.05, 3.63) is 47.5 Å². The Morgan fingerprint density at radius 3 is 2.52 bits per heavy atom. The normalized spacial score (nSPS) is 10.0. The van der Waals surface area contributed by atoms with E-state index in [1.165, 1.54) is 0 Å². The van der Waals surface area contributed by atoms with Crippen molar-refractivity contribution in [3.8, 4) is 11.5 Å². The maximum atomic E-state index is 12.4. The van der Waals surface area contributed by atoms with Crippen LogP contribution in [0.1, 0.15) is 15.9 Å². The molecule has 2 aromatic carbocycles. The first-order valence-corrected chi connectivity index (χ1v) is 6.45. The highest BCUT2D eigenvalue weighted by Crippen LogP contribution is 2.30. The first-order chi connectivity index (χ1) is 10.1. The quantitative estimate of drug-likeness (QED) is 0.848. The highest BCUT2D eigenvalue weighted by molar-refractivity contribution is 6.09. The summed E-state index contributed by atoms with van der Waals surface area (Å²) in [5, 5.41) is 2.81. The number of ether oxygens (including phenoxy) is 2. The summed E-state index contributed by atoms with van der Waals surface area (Å²) in [5.41, 5.74) is 8.13. The van der Waals surface area contributed by atoms with Gasteiger partial charge in [0.2, 0.25) is 0 Å². The van der Waals surface area contributed by atoms with E-state index in [0.29, 0.717) is 28.4 Å². The molecule has 5 nitrogen and oxygen atoms in total. The molecule has 0 aliphatic heterocycles. The second-order valence-electron chi connectivity index (χ2n) is 4.56. The molecular weight excluding hydrogens is 268 g/mol. The molecule has 0 heterocycles. The van der Waals surface area contributed by atoms with Gasteiger partial charge in [0.15, 0.2) is 0 Å². The van der Waals surface area contributed by atoms with Crippen molar-refractivity contribution in [2.24, 2.45) is 0 Å². The Bertz CT molecular complexity index is 648. The molecule has 0 radical (unpaired) electrons. The average molecular weight is 286 g/mol. The number of amides is 1. The predicted molar refractivity (Wildman–Crippen MR) is 83.1 cm³/mol. The van der Waals surface area contributed by atoms with E-state index in [1.807, 2.05) is 19.1 Å². The molecule has 0 saturated heterocycles. The molecule has 0 fully saturated rings. The largest absolute Gasteiger partial charge is 0.497 e. The van der Waals surface area contributed by atoms with Crippen LogP contribution in [0.5, 0.6) is 11.5 Å². The van der Waals surface area contributed by atoms with Gasteiger partial charge >= 0.3 is 0 Å². The van der Waals surface area contributed by atoms with Gasteiger partial charge in [-0.2, -0.15) is 0 Å². The van der Waals surface area contributed by atoms with E-state index >= 15 is 0 Å². The summed E-state index contributed by atoms with van der Waals surface area (Å²) in [5.74, 6) is 0.900. The van der Waals surface area contributed by atoms with Crippen LogP contribution in [0.3, 0.4) is 0 Å². The van der Waals surface area contributed by atoms with Crippen LogP contribution in [0, 0.1) is 6.92 Å². The lowest BCUT2D eigenvalue weighted by atomic mass is 10.1. The first-order valence-electron chi connectivity index (χ1n) is 6.45. The van der Waals surface area contributed by atoms with Crippen molar-refractivity contribution in [2.45, 2.75) is 6.92 Å². The number of benzene rings is 2. The number of hydrogen-bond donors (Lipinski definition) is 2. The Labute approximate surface area is 123 Å². The zero-order valence-electron chi connectivity index (χ0n) is 12.3. The minimum Gasteiger partial charge on any atom is -0.497 e. The van der Waals surface area contributed by atoms with Gasteiger partial charge in [-0.3, -0.25) is 4.79 Å². The van der Waals surface area contributed by atoms with E-state index in [4.69, 9.17) is 15.2 Å². The Morgan fingerprint density at radius 2 is 1.90 bits per heavy atom. The molecule has 2 rings (SSSR count). The van der Waals surface area contributed by atoms with Crippen LogP contribution >= 0.6 is 0 Å². The summed E-state index contributed by atoms with van der Waals surface area (Å²) in [7, 11) is 3.10. The number of methoxy groups -OCH3 is 2. The topological polar surface area (TPSA) is 73.6 Å². The van der Waals surface area contributed by atoms with Gasteiger partial charge in [-0.15, -0.1) is 0 Å². The Kier molecular flexibility index (Phi) is 4.33. The molecule has 0 unspecified atom stereocenters. The Morgan fingerprint density at radius 1 is 1.14 bits per heavy atom. The van der Waals surface area contributed by atoms with E-state index in [1.54, 1.807) is 38.5 Å². The average Bonchev–Trinajstić information content (AvgIpc) is 2.47. The van der Waals surface area contributed by atoms with E-state index in [2.05, 4.69) is 5.32 Å². The molecule has 5 heteroatoms. The van der Waals surface area contributed by atoms with Crippen LogP contribution in [-0.4, -0.2) is 20.1 Å². The molecule has 1 amide bonds. The molecular formula is C16H18N2O3. The van der Waals surface area contributed by atoms with Gasteiger partial charge in [0.05, 0.1) is 25.5 Å². The highest BCUT2D eigenvalue weighted by atomic mass is 16.5. The lowest BCUT2D eigenvalue weighted by Crippen LogP contribution is -2.16. The lowest BCUT2D eigenvalue weighted by molar-refractivity contribution is 0.102. The smallest absolute Gasteiger partial charge is 0.258 e. The van der Waals surface area contributed by atoms with Crippen LogP contribution in [0.25, 0.3) is 0 Å². The third kappa shape index (κ3) is 3.08. The van der Waals surface area contributed by atoms with Gasteiger partial charge < -0.3 is 20.5 Å². The number of carbonyl (C=O) groups excluding carboxylic acids is 1. The predicted octanol–water partition coefficient (Wildman–Crippen LogP) is 2.85. The minimum absolute atomic E-state index is 0.280. The molecule has 0 atom stereocenters. The highest BCUT2D eigenvalue weighted by Gasteiger charge is 2.15. The van der Waals surface area contributed by atoms with Gasteiger partial charge in [0, 0.05) is 11.8 Å². The maximum Gasteiger partial charge on any atom is 0.258 e. The fraction of sp³-hybridized carbons (Fsp3) is 0.188. The number of hydrogen-bond acceptors (Lipinski definition) is 4. The molecule has 110 valence electrons. The number of rotatable bonds is 4. The summed E-state index contributed by atoms with van der Waals surface area (Å²) >= 11 is 0. The SMILES string of the molecule is COc1ccc(OC)c(NC(=O)c2c(C)cccc2N)c1. The van der Waals surface area contributed by atoms with Gasteiger partial charge in [-0.25, -0.2) is 0 Å². The summed E-state index contributed by atoms with van der Waals surface area (Å²) < 4.78 is 10.4. The third-order valence-electron chi connectivity index (χ3n) is 3.19. The first kappa shape index (κ1) is 14.7. The molecule has 0 saturated carbocycles. The summed E-state index contributed by atoms with van der Waals surface area (Å²) in [4.78, 5) is 12.4. The van der Waals surface area contributed by atoms with Crippen molar-refractivity contribution in [1.29, 1.82) is 0 Å². The number of aryl methyl sites for hydroxylation is 1. The Hall–Kier alpha value is -2.69. The lowest BCUT2D eigenvalue weighted by Gasteiger charge is -2.13. The van der Waals surface area contributed by atoms with E-state index in [-0.39, 0.29) is 5.91 Å². The maximum absolute atomic E-state index is 12.4. The second-order valence-corrected chi connectivity index (χ2v) is 4.56. The van der Waals surface area contributed by atoms with Crippen LogP contribution < -0.4 is 20.5 Å². The van der Waals surface area contributed by atoms with Crippen molar-refractivity contribution in [3.63, 3.8) is 0 Å². The monoisotopic (exact) mass is 286 g/mol. The third-order valence-corrected chi connectivity index (χ3v) is 3.19. The fourth-order valence-corrected chi connectivity index (χ4v) is 2.10. The van der Waals surface area contributed by atoms with E-state index < -0.39 is 0 Å². The zero-order chi connectivity index (χ0) is 15.4. The molecule has 0 bridgehead atoms. The van der Waals surface area contributed by atoms with Crippen LogP contribution in [0.4, 0.5) is 11.4 Å². The fourth-order valence-electron chi connectivity index (χ4n) is 2.10. The van der Waals surface area contributed by atoms with Gasteiger partial charge in [-0.1, -0.05) is 12.1 Å². The van der Waals surface area contributed by atoms with Crippen molar-refractivity contribution >= 4 is 17.3 Å². The number of nitrogen functional groups attached to an aromatic ring is 1. The van der Waals surface area contributed by atoms with Crippen molar-refractivity contribution < 1.29 is 14.3 Å². The molecule has 0 spiro atoms. The molecule has 0 aliphatic rings. The number of nitrogens with two attached hydrogens (primary N) is 1. The van der Waals surface area contributed by atoms with Gasteiger partial charge in [0.1, 0.15) is 11.5 Å². The van der Waals surface area contributed by atoms with E-state index in [9.17, 15) is 4.79 Å².